The number of carbonyl (C=O) groups excluding carboxylic acids is 1. The zero-order chi connectivity index (χ0) is 24.2. The maximum absolute atomic E-state index is 12.8. The number of rotatable bonds is 8. The van der Waals surface area contributed by atoms with Crippen molar-refractivity contribution in [2.45, 2.75) is 26.4 Å². The molecule has 1 atom stereocenters. The number of para-hydroxylation sites is 1. The SMILES string of the molecule is CCN(CC(=O)NC(C)c1cc2ccccc2o1)c1c(N)n(Cc2ccccc2)c(=O)[nH]c1=O. The molecule has 1 amide bonds. The highest BCUT2D eigenvalue weighted by Crippen LogP contribution is 2.24. The van der Waals surface area contributed by atoms with Crippen LogP contribution in [0.3, 0.4) is 0 Å². The van der Waals surface area contributed by atoms with Crippen molar-refractivity contribution in [3.05, 3.63) is 92.8 Å². The van der Waals surface area contributed by atoms with Crippen LogP contribution in [-0.4, -0.2) is 28.5 Å². The first-order valence-corrected chi connectivity index (χ1v) is 11.1. The molecule has 2 aromatic heterocycles. The summed E-state index contributed by atoms with van der Waals surface area (Å²) in [5, 5.41) is 3.85. The van der Waals surface area contributed by atoms with Crippen LogP contribution in [0, 0.1) is 0 Å². The number of H-pyrrole nitrogens is 1. The van der Waals surface area contributed by atoms with Crippen molar-refractivity contribution in [2.75, 3.05) is 23.7 Å². The molecule has 9 heteroatoms. The summed E-state index contributed by atoms with van der Waals surface area (Å²) in [5.41, 5.74) is 6.73. The number of benzene rings is 2. The molecule has 9 nitrogen and oxygen atoms in total. The number of amides is 1. The summed E-state index contributed by atoms with van der Waals surface area (Å²) in [6.07, 6.45) is 0. The minimum atomic E-state index is -0.633. The summed E-state index contributed by atoms with van der Waals surface area (Å²) < 4.78 is 7.12. The second kappa shape index (κ2) is 9.70. The highest BCUT2D eigenvalue weighted by Gasteiger charge is 2.22. The molecular formula is C25H27N5O4. The van der Waals surface area contributed by atoms with E-state index in [2.05, 4.69) is 10.3 Å². The van der Waals surface area contributed by atoms with Gasteiger partial charge >= 0.3 is 5.69 Å². The Labute approximate surface area is 195 Å². The molecule has 1 unspecified atom stereocenters. The molecule has 0 saturated carbocycles. The van der Waals surface area contributed by atoms with Crippen LogP contribution in [0.5, 0.6) is 0 Å². The fraction of sp³-hybridized carbons (Fsp3) is 0.240. The van der Waals surface area contributed by atoms with Crippen LogP contribution in [0.15, 0.2) is 74.7 Å². The van der Waals surface area contributed by atoms with E-state index in [1.807, 2.05) is 74.5 Å². The van der Waals surface area contributed by atoms with Gasteiger partial charge < -0.3 is 20.4 Å². The second-order valence-electron chi connectivity index (χ2n) is 8.05. The van der Waals surface area contributed by atoms with Crippen molar-refractivity contribution in [2.24, 2.45) is 0 Å². The van der Waals surface area contributed by atoms with Crippen molar-refractivity contribution in [3.8, 4) is 0 Å². The molecule has 0 aliphatic rings. The van der Waals surface area contributed by atoms with Crippen LogP contribution in [0.25, 0.3) is 11.0 Å². The number of carbonyl (C=O) groups is 1. The maximum Gasteiger partial charge on any atom is 0.330 e. The van der Waals surface area contributed by atoms with Gasteiger partial charge in [0, 0.05) is 11.9 Å². The number of fused-ring (bicyclic) bond motifs is 1. The van der Waals surface area contributed by atoms with E-state index in [0.29, 0.717) is 12.3 Å². The first kappa shape index (κ1) is 22.9. The Morgan fingerprint density at radius 2 is 1.85 bits per heavy atom. The van der Waals surface area contributed by atoms with Gasteiger partial charge in [-0.25, -0.2) is 4.79 Å². The average Bonchev–Trinajstić information content (AvgIpc) is 3.26. The van der Waals surface area contributed by atoms with E-state index in [-0.39, 0.29) is 36.5 Å². The van der Waals surface area contributed by atoms with Crippen molar-refractivity contribution in [1.82, 2.24) is 14.9 Å². The van der Waals surface area contributed by atoms with E-state index < -0.39 is 11.2 Å². The first-order chi connectivity index (χ1) is 16.4. The van der Waals surface area contributed by atoms with E-state index in [1.54, 1.807) is 4.90 Å². The lowest BCUT2D eigenvalue weighted by atomic mass is 10.2. The molecule has 4 rings (SSSR count). The number of nitrogens with one attached hydrogen (secondary N) is 2. The Kier molecular flexibility index (Phi) is 6.53. The van der Waals surface area contributed by atoms with Gasteiger partial charge in [-0.15, -0.1) is 0 Å². The largest absolute Gasteiger partial charge is 0.459 e. The molecule has 0 spiro atoms. The number of nitrogens with zero attached hydrogens (tertiary/aromatic N) is 2. The Morgan fingerprint density at radius 1 is 1.15 bits per heavy atom. The molecule has 34 heavy (non-hydrogen) atoms. The van der Waals surface area contributed by atoms with Crippen molar-refractivity contribution in [3.63, 3.8) is 0 Å². The molecule has 0 aliphatic carbocycles. The summed E-state index contributed by atoms with van der Waals surface area (Å²) in [6, 6.07) is 18.4. The highest BCUT2D eigenvalue weighted by molar-refractivity contribution is 5.83. The molecule has 0 aliphatic heterocycles. The third kappa shape index (κ3) is 4.73. The van der Waals surface area contributed by atoms with Gasteiger partial charge in [-0.2, -0.15) is 0 Å². The number of hydrogen-bond donors (Lipinski definition) is 3. The lowest BCUT2D eigenvalue weighted by Gasteiger charge is -2.25. The Balaban J connectivity index is 1.54. The molecule has 0 radical (unpaired) electrons. The number of hydrogen-bond acceptors (Lipinski definition) is 6. The summed E-state index contributed by atoms with van der Waals surface area (Å²) in [7, 11) is 0. The molecule has 0 fully saturated rings. The summed E-state index contributed by atoms with van der Waals surface area (Å²) >= 11 is 0. The van der Waals surface area contributed by atoms with Gasteiger partial charge in [0.05, 0.1) is 19.1 Å². The lowest BCUT2D eigenvalue weighted by Crippen LogP contribution is -2.43. The van der Waals surface area contributed by atoms with Crippen LogP contribution < -0.4 is 27.2 Å². The molecule has 0 bridgehead atoms. The number of anilines is 2. The van der Waals surface area contributed by atoms with Crippen LogP contribution in [0.2, 0.25) is 0 Å². The number of likely N-dealkylation sites (N-methyl/N-ethyl adjacent to an activating group) is 1. The van der Waals surface area contributed by atoms with Crippen molar-refractivity contribution in [1.29, 1.82) is 0 Å². The second-order valence-corrected chi connectivity index (χ2v) is 8.05. The average molecular weight is 462 g/mol. The number of nitrogens with two attached hydrogens (primary N) is 1. The molecule has 176 valence electrons. The number of furan rings is 1. The predicted molar refractivity (Wildman–Crippen MR) is 132 cm³/mol. The fourth-order valence-corrected chi connectivity index (χ4v) is 3.90. The normalized spacial score (nSPS) is 11.9. The van der Waals surface area contributed by atoms with Gasteiger partial charge in [-0.1, -0.05) is 48.5 Å². The minimum absolute atomic E-state index is 0.0117. The van der Waals surface area contributed by atoms with Crippen LogP contribution in [-0.2, 0) is 11.3 Å². The van der Waals surface area contributed by atoms with Gasteiger partial charge in [0.15, 0.2) is 0 Å². The van der Waals surface area contributed by atoms with Crippen LogP contribution in [0.1, 0.15) is 31.2 Å². The van der Waals surface area contributed by atoms with E-state index in [4.69, 9.17) is 10.2 Å². The lowest BCUT2D eigenvalue weighted by molar-refractivity contribution is -0.120. The van der Waals surface area contributed by atoms with Crippen molar-refractivity contribution >= 4 is 28.4 Å². The van der Waals surface area contributed by atoms with Crippen LogP contribution >= 0.6 is 0 Å². The standard InChI is InChI=1S/C25H27N5O4/c1-3-29(15-21(31)27-16(2)20-13-18-11-7-8-12-19(18)34-20)22-23(26)30(25(33)28-24(22)32)14-17-9-5-4-6-10-17/h4-13,16H,3,14-15,26H2,1-2H3,(H,27,31)(H,28,32,33). The number of nitrogen functional groups attached to an aromatic ring is 1. The molecule has 4 aromatic rings. The Bertz CT molecular complexity index is 1390. The van der Waals surface area contributed by atoms with E-state index >= 15 is 0 Å². The van der Waals surface area contributed by atoms with E-state index in [9.17, 15) is 14.4 Å². The fourth-order valence-electron chi connectivity index (χ4n) is 3.90. The van der Waals surface area contributed by atoms with Crippen LogP contribution in [0.4, 0.5) is 11.5 Å². The van der Waals surface area contributed by atoms with E-state index in [1.165, 1.54) is 4.57 Å². The smallest absolute Gasteiger partial charge is 0.330 e. The Morgan fingerprint density at radius 3 is 2.56 bits per heavy atom. The summed E-state index contributed by atoms with van der Waals surface area (Å²) in [5.74, 6) is 0.332. The molecule has 2 aromatic carbocycles. The number of aromatic nitrogens is 2. The van der Waals surface area contributed by atoms with Gasteiger partial charge in [-0.3, -0.25) is 19.1 Å². The van der Waals surface area contributed by atoms with Gasteiger partial charge in [0.2, 0.25) is 5.91 Å². The molecule has 4 N–H and O–H groups in total. The summed E-state index contributed by atoms with van der Waals surface area (Å²) in [4.78, 5) is 41.8. The third-order valence-electron chi connectivity index (χ3n) is 5.68. The molecule has 0 saturated heterocycles. The maximum atomic E-state index is 12.8. The molecular weight excluding hydrogens is 434 g/mol. The topological polar surface area (TPSA) is 126 Å². The minimum Gasteiger partial charge on any atom is -0.459 e. The molecule has 2 heterocycles. The Hall–Kier alpha value is -4.27. The van der Waals surface area contributed by atoms with Gasteiger partial charge in [-0.05, 0) is 31.5 Å². The first-order valence-electron chi connectivity index (χ1n) is 11.1. The number of aromatic amines is 1. The van der Waals surface area contributed by atoms with Gasteiger partial charge in [0.25, 0.3) is 5.56 Å². The van der Waals surface area contributed by atoms with Crippen molar-refractivity contribution < 1.29 is 9.21 Å². The quantitative estimate of drug-likeness (QED) is 0.370. The van der Waals surface area contributed by atoms with E-state index in [0.717, 1.165) is 16.5 Å². The third-order valence-corrected chi connectivity index (χ3v) is 5.68. The monoisotopic (exact) mass is 461 g/mol. The highest BCUT2D eigenvalue weighted by atomic mass is 16.3. The van der Waals surface area contributed by atoms with Gasteiger partial charge in [0.1, 0.15) is 22.8 Å². The summed E-state index contributed by atoms with van der Waals surface area (Å²) in [6.45, 7) is 4.05. The predicted octanol–water partition coefficient (Wildman–Crippen LogP) is 2.62. The zero-order valence-corrected chi connectivity index (χ0v) is 19.1. The zero-order valence-electron chi connectivity index (χ0n) is 19.1.